The van der Waals surface area contributed by atoms with Gasteiger partial charge >= 0.3 is 5.97 Å². The van der Waals surface area contributed by atoms with Crippen LogP contribution in [0.15, 0.2) is 11.1 Å². The highest BCUT2D eigenvalue weighted by molar-refractivity contribution is 6.06. The van der Waals surface area contributed by atoms with Crippen LogP contribution in [0, 0.1) is 5.41 Å². The van der Waals surface area contributed by atoms with Crippen LogP contribution >= 0.6 is 0 Å². The van der Waals surface area contributed by atoms with Crippen LogP contribution in [0.25, 0.3) is 0 Å². The topological polar surface area (TPSA) is 76.1 Å². The normalized spacial score (nSPS) is 28.4. The summed E-state index contributed by atoms with van der Waals surface area (Å²) in [7, 11) is 1.32. The molecule has 2 rings (SSSR count). The first kappa shape index (κ1) is 17.0. The van der Waals surface area contributed by atoms with Crippen molar-refractivity contribution in [2.24, 2.45) is 5.41 Å². The molecule has 1 fully saturated rings. The SMILES string of the molecule is COC(=O)[C@@]12CO[C@@H](C(C)(C)C)N1C(=O)C(CCCO)=C2C. The fourth-order valence-electron chi connectivity index (χ4n) is 3.33. The van der Waals surface area contributed by atoms with Crippen LogP contribution in [0.4, 0.5) is 0 Å². The van der Waals surface area contributed by atoms with Gasteiger partial charge in [-0.15, -0.1) is 0 Å². The summed E-state index contributed by atoms with van der Waals surface area (Å²) in [4.78, 5) is 26.9. The minimum Gasteiger partial charge on any atom is -0.467 e. The summed E-state index contributed by atoms with van der Waals surface area (Å²) >= 11 is 0. The molecule has 0 radical (unpaired) electrons. The molecule has 2 atom stereocenters. The molecule has 0 unspecified atom stereocenters. The van der Waals surface area contributed by atoms with Crippen molar-refractivity contribution in [2.45, 2.75) is 52.3 Å². The third-order valence-corrected chi connectivity index (χ3v) is 4.49. The molecule has 1 amide bonds. The molecule has 1 saturated heterocycles. The largest absolute Gasteiger partial charge is 0.467 e. The van der Waals surface area contributed by atoms with Gasteiger partial charge in [-0.25, -0.2) is 4.79 Å². The number of esters is 1. The highest BCUT2D eigenvalue weighted by Crippen LogP contribution is 2.47. The molecule has 2 aliphatic heterocycles. The zero-order valence-corrected chi connectivity index (χ0v) is 13.9. The molecule has 2 heterocycles. The average molecular weight is 311 g/mol. The van der Waals surface area contributed by atoms with Gasteiger partial charge < -0.3 is 14.6 Å². The van der Waals surface area contributed by atoms with Gasteiger partial charge in [-0.3, -0.25) is 9.69 Å². The molecule has 2 aliphatic rings. The number of methoxy groups -OCH3 is 1. The Labute approximate surface area is 131 Å². The fraction of sp³-hybridized carbons (Fsp3) is 0.750. The minimum absolute atomic E-state index is 0.00842. The molecule has 6 nitrogen and oxygen atoms in total. The van der Waals surface area contributed by atoms with Crippen molar-refractivity contribution >= 4 is 11.9 Å². The molecular weight excluding hydrogens is 286 g/mol. The molecule has 0 aromatic heterocycles. The van der Waals surface area contributed by atoms with E-state index in [2.05, 4.69) is 0 Å². The summed E-state index contributed by atoms with van der Waals surface area (Å²) in [5.74, 6) is -0.655. The standard InChI is InChI=1S/C16H25NO5/c1-10-11(7-6-8-18)12(19)17-13(15(2,3)4)22-9-16(10,17)14(20)21-5/h13,18H,6-9H2,1-5H3/t13-,16-/m0/s1. The fourth-order valence-corrected chi connectivity index (χ4v) is 3.33. The van der Waals surface area contributed by atoms with E-state index < -0.39 is 17.7 Å². The Morgan fingerprint density at radius 2 is 2.14 bits per heavy atom. The summed E-state index contributed by atoms with van der Waals surface area (Å²) in [5, 5.41) is 9.04. The first-order valence-electron chi connectivity index (χ1n) is 7.56. The number of rotatable bonds is 4. The number of carbonyl (C=O) groups excluding carboxylic acids is 2. The van der Waals surface area contributed by atoms with Gasteiger partial charge in [0.15, 0.2) is 5.54 Å². The van der Waals surface area contributed by atoms with Crippen molar-refractivity contribution in [3.05, 3.63) is 11.1 Å². The summed E-state index contributed by atoms with van der Waals surface area (Å²) in [6.45, 7) is 7.82. The number of ether oxygens (including phenoxy) is 2. The van der Waals surface area contributed by atoms with Crippen LogP contribution in [0.3, 0.4) is 0 Å². The molecule has 124 valence electrons. The van der Waals surface area contributed by atoms with E-state index in [0.29, 0.717) is 24.0 Å². The van der Waals surface area contributed by atoms with Gasteiger partial charge in [-0.1, -0.05) is 20.8 Å². The maximum atomic E-state index is 12.9. The number of aliphatic hydroxyl groups excluding tert-OH is 1. The number of hydrogen-bond acceptors (Lipinski definition) is 5. The number of amides is 1. The Morgan fingerprint density at radius 3 is 2.64 bits per heavy atom. The third kappa shape index (κ3) is 2.25. The average Bonchev–Trinajstić information content (AvgIpc) is 2.94. The molecule has 22 heavy (non-hydrogen) atoms. The Balaban J connectivity index is 2.51. The number of fused-ring (bicyclic) bond motifs is 1. The van der Waals surface area contributed by atoms with Crippen molar-refractivity contribution in [3.63, 3.8) is 0 Å². The summed E-state index contributed by atoms with van der Waals surface area (Å²) < 4.78 is 10.8. The second-order valence-electron chi connectivity index (χ2n) is 6.99. The number of hydrogen-bond donors (Lipinski definition) is 1. The zero-order chi connectivity index (χ0) is 16.7. The molecule has 0 aromatic carbocycles. The number of aliphatic hydroxyl groups is 1. The summed E-state index contributed by atoms with van der Waals surface area (Å²) in [6.07, 6.45) is 0.457. The van der Waals surface area contributed by atoms with Gasteiger partial charge in [0.05, 0.1) is 13.7 Å². The molecule has 0 saturated carbocycles. The molecular formula is C16H25NO5. The van der Waals surface area contributed by atoms with E-state index in [1.807, 2.05) is 20.8 Å². The maximum Gasteiger partial charge on any atom is 0.338 e. The first-order valence-corrected chi connectivity index (χ1v) is 7.56. The van der Waals surface area contributed by atoms with E-state index in [1.165, 1.54) is 7.11 Å². The van der Waals surface area contributed by atoms with E-state index in [0.717, 1.165) is 0 Å². The second-order valence-corrected chi connectivity index (χ2v) is 6.99. The molecule has 0 bridgehead atoms. The number of carbonyl (C=O) groups is 2. The van der Waals surface area contributed by atoms with Crippen molar-refractivity contribution < 1.29 is 24.2 Å². The Hall–Kier alpha value is -1.40. The Bertz CT molecular complexity index is 519. The number of nitrogens with zero attached hydrogens (tertiary/aromatic N) is 1. The minimum atomic E-state index is -1.16. The van der Waals surface area contributed by atoms with Crippen LogP contribution in [-0.4, -0.2) is 54.0 Å². The van der Waals surface area contributed by atoms with Gasteiger partial charge in [0.25, 0.3) is 5.91 Å². The van der Waals surface area contributed by atoms with Crippen molar-refractivity contribution in [1.29, 1.82) is 0 Å². The van der Waals surface area contributed by atoms with Gasteiger partial charge in [0.2, 0.25) is 0 Å². The lowest BCUT2D eigenvalue weighted by atomic mass is 9.88. The van der Waals surface area contributed by atoms with Crippen molar-refractivity contribution in [2.75, 3.05) is 20.3 Å². The first-order chi connectivity index (χ1) is 10.2. The van der Waals surface area contributed by atoms with Gasteiger partial charge in [0, 0.05) is 17.6 Å². The van der Waals surface area contributed by atoms with Crippen LogP contribution in [0.2, 0.25) is 0 Å². The molecule has 0 spiro atoms. The van der Waals surface area contributed by atoms with E-state index >= 15 is 0 Å². The third-order valence-electron chi connectivity index (χ3n) is 4.49. The van der Waals surface area contributed by atoms with Crippen LogP contribution < -0.4 is 0 Å². The van der Waals surface area contributed by atoms with Crippen LogP contribution in [0.1, 0.15) is 40.5 Å². The summed E-state index contributed by atoms with van der Waals surface area (Å²) in [6, 6.07) is 0. The van der Waals surface area contributed by atoms with E-state index in [9.17, 15) is 9.59 Å². The van der Waals surface area contributed by atoms with Gasteiger partial charge in [0.1, 0.15) is 6.23 Å². The predicted octanol–water partition coefficient (Wildman–Crippen LogP) is 1.23. The highest BCUT2D eigenvalue weighted by atomic mass is 16.6. The molecule has 1 N–H and O–H groups in total. The Morgan fingerprint density at radius 1 is 1.50 bits per heavy atom. The molecule has 6 heteroatoms. The van der Waals surface area contributed by atoms with Gasteiger partial charge in [-0.2, -0.15) is 0 Å². The highest BCUT2D eigenvalue weighted by Gasteiger charge is 2.64. The van der Waals surface area contributed by atoms with E-state index in [1.54, 1.807) is 11.8 Å². The lowest BCUT2D eigenvalue weighted by Crippen LogP contribution is -2.56. The summed E-state index contributed by atoms with van der Waals surface area (Å²) in [5.41, 5.74) is -0.200. The lowest BCUT2D eigenvalue weighted by Gasteiger charge is -2.37. The van der Waals surface area contributed by atoms with Crippen LogP contribution in [0.5, 0.6) is 0 Å². The van der Waals surface area contributed by atoms with Crippen molar-refractivity contribution in [1.82, 2.24) is 4.90 Å². The predicted molar refractivity (Wildman–Crippen MR) is 79.8 cm³/mol. The Kier molecular flexibility index (Phi) is 4.37. The van der Waals surface area contributed by atoms with Crippen LogP contribution in [-0.2, 0) is 19.1 Å². The van der Waals surface area contributed by atoms with Gasteiger partial charge in [-0.05, 0) is 25.3 Å². The lowest BCUT2D eigenvalue weighted by molar-refractivity contribution is -0.157. The molecule has 0 aromatic rings. The molecule has 0 aliphatic carbocycles. The van der Waals surface area contributed by atoms with E-state index in [-0.39, 0.29) is 24.5 Å². The maximum absolute atomic E-state index is 12.9. The zero-order valence-electron chi connectivity index (χ0n) is 13.9. The smallest absolute Gasteiger partial charge is 0.338 e. The van der Waals surface area contributed by atoms with Crippen molar-refractivity contribution in [3.8, 4) is 0 Å². The van der Waals surface area contributed by atoms with E-state index in [4.69, 9.17) is 14.6 Å². The quantitative estimate of drug-likeness (QED) is 0.790. The second kappa shape index (κ2) is 5.66. The monoisotopic (exact) mass is 311 g/mol.